The molecule has 4 rings (SSSR count). The number of thiazole rings is 1. The number of likely N-dealkylation sites (N-methyl/N-ethyl adjacent to an activating group) is 2. The summed E-state index contributed by atoms with van der Waals surface area (Å²) in [5.41, 5.74) is 0.377. The molecule has 5 nitrogen and oxygen atoms in total. The van der Waals surface area contributed by atoms with E-state index in [9.17, 15) is 0 Å². The first-order chi connectivity index (χ1) is 12.1. The third-order valence-corrected chi connectivity index (χ3v) is 7.89. The van der Waals surface area contributed by atoms with Gasteiger partial charge in [-0.2, -0.15) is 0 Å². The fraction of sp³-hybridized carbons (Fsp3) is 0.833. The van der Waals surface area contributed by atoms with Crippen molar-refractivity contribution in [2.24, 2.45) is 0 Å². The molecule has 1 aromatic heterocycles. The molecule has 7 heteroatoms. The molecular weight excluding hydrogens is 354 g/mol. The van der Waals surface area contributed by atoms with Crippen LogP contribution in [-0.4, -0.2) is 85.1 Å². The molecule has 0 bridgehead atoms. The molecule has 1 spiro atoms. The smallest absolute Gasteiger partial charge is 0.187 e. The number of hydrogen-bond donors (Lipinski definition) is 0. The van der Waals surface area contributed by atoms with Gasteiger partial charge in [0, 0.05) is 57.9 Å². The maximum atomic E-state index is 6.46. The van der Waals surface area contributed by atoms with Crippen molar-refractivity contribution in [1.82, 2.24) is 19.7 Å². The van der Waals surface area contributed by atoms with Crippen molar-refractivity contribution < 1.29 is 0 Å². The summed E-state index contributed by atoms with van der Waals surface area (Å²) in [7, 11) is 4.57. The summed E-state index contributed by atoms with van der Waals surface area (Å²) in [6.45, 7) is 9.13. The average molecular weight is 384 g/mol. The van der Waals surface area contributed by atoms with E-state index in [1.165, 1.54) is 50.2 Å². The molecule has 3 aliphatic heterocycles. The van der Waals surface area contributed by atoms with Crippen LogP contribution in [0.1, 0.15) is 30.6 Å². The topological polar surface area (TPSA) is 25.9 Å². The van der Waals surface area contributed by atoms with Crippen molar-refractivity contribution in [2.75, 3.05) is 64.8 Å². The molecule has 1 aromatic rings. The van der Waals surface area contributed by atoms with Crippen molar-refractivity contribution in [2.45, 2.75) is 37.8 Å². The Kier molecular flexibility index (Phi) is 5.26. The number of anilines is 1. The highest BCUT2D eigenvalue weighted by molar-refractivity contribution is 7.16. The van der Waals surface area contributed by atoms with Gasteiger partial charge in [0.2, 0.25) is 0 Å². The quantitative estimate of drug-likeness (QED) is 0.799. The number of piperazine rings is 1. The Morgan fingerprint density at radius 3 is 2.48 bits per heavy atom. The van der Waals surface area contributed by atoms with Gasteiger partial charge in [0.1, 0.15) is 5.15 Å². The van der Waals surface area contributed by atoms with E-state index in [0.29, 0.717) is 5.54 Å². The molecule has 3 saturated heterocycles. The van der Waals surface area contributed by atoms with Gasteiger partial charge in [-0.05, 0) is 39.8 Å². The molecule has 3 fully saturated rings. The van der Waals surface area contributed by atoms with Crippen LogP contribution in [0.4, 0.5) is 5.13 Å². The molecule has 25 heavy (non-hydrogen) atoms. The SMILES string of the molecule is CN1CCN(C)C2(CCN(Cc3sc(N4CCCC4)nc3Cl)CC2)C1. The van der Waals surface area contributed by atoms with E-state index in [2.05, 4.69) is 38.7 Å². The Morgan fingerprint density at radius 2 is 1.76 bits per heavy atom. The number of piperidine rings is 1. The lowest BCUT2D eigenvalue weighted by molar-refractivity contribution is -0.0203. The number of halogens is 1. The molecule has 3 aliphatic rings. The minimum absolute atomic E-state index is 0.377. The predicted octanol–water partition coefficient (Wildman–Crippen LogP) is 2.61. The number of rotatable bonds is 3. The van der Waals surface area contributed by atoms with Gasteiger partial charge in [0.25, 0.3) is 0 Å². The fourth-order valence-corrected chi connectivity index (χ4v) is 5.94. The maximum Gasteiger partial charge on any atom is 0.187 e. The zero-order valence-electron chi connectivity index (χ0n) is 15.5. The van der Waals surface area contributed by atoms with E-state index in [0.717, 1.165) is 43.0 Å². The van der Waals surface area contributed by atoms with Crippen LogP contribution in [0.15, 0.2) is 0 Å². The second-order valence-corrected chi connectivity index (χ2v) is 9.48. The number of nitrogens with zero attached hydrogens (tertiary/aromatic N) is 5. The highest BCUT2D eigenvalue weighted by Crippen LogP contribution is 2.35. The van der Waals surface area contributed by atoms with E-state index in [1.807, 2.05) is 0 Å². The molecule has 140 valence electrons. The molecular formula is C18H30ClN5S. The third kappa shape index (κ3) is 3.69. The van der Waals surface area contributed by atoms with Crippen molar-refractivity contribution in [3.05, 3.63) is 10.0 Å². The zero-order valence-corrected chi connectivity index (χ0v) is 17.1. The molecule has 4 heterocycles. The van der Waals surface area contributed by atoms with Crippen LogP contribution in [0.2, 0.25) is 5.15 Å². The van der Waals surface area contributed by atoms with Gasteiger partial charge in [-0.1, -0.05) is 22.9 Å². The molecule has 0 unspecified atom stereocenters. The van der Waals surface area contributed by atoms with E-state index in [-0.39, 0.29) is 0 Å². The second kappa shape index (κ2) is 7.31. The lowest BCUT2D eigenvalue weighted by Crippen LogP contribution is -2.63. The van der Waals surface area contributed by atoms with Gasteiger partial charge in [0.05, 0.1) is 4.88 Å². The summed E-state index contributed by atoms with van der Waals surface area (Å²) in [6.07, 6.45) is 5.07. The van der Waals surface area contributed by atoms with Gasteiger partial charge in [-0.25, -0.2) is 4.98 Å². The van der Waals surface area contributed by atoms with Crippen LogP contribution in [-0.2, 0) is 6.54 Å². The first-order valence-electron chi connectivity index (χ1n) is 9.58. The Bertz CT molecular complexity index is 592. The van der Waals surface area contributed by atoms with Crippen molar-refractivity contribution in [1.29, 1.82) is 0 Å². The molecule has 0 aromatic carbocycles. The minimum atomic E-state index is 0.377. The summed E-state index contributed by atoms with van der Waals surface area (Å²) in [6, 6.07) is 0. The lowest BCUT2D eigenvalue weighted by atomic mass is 9.84. The predicted molar refractivity (Wildman–Crippen MR) is 106 cm³/mol. The standard InChI is InChI=1S/C18H30ClN5S/c1-21-11-12-22(2)18(14-21)5-9-23(10-6-18)13-15-16(19)20-17(25-15)24-7-3-4-8-24/h3-14H2,1-2H3. The van der Waals surface area contributed by atoms with Gasteiger partial charge < -0.3 is 9.80 Å². The molecule has 0 amide bonds. The summed E-state index contributed by atoms with van der Waals surface area (Å²) in [5, 5.41) is 1.85. The van der Waals surface area contributed by atoms with E-state index < -0.39 is 0 Å². The molecule has 0 atom stereocenters. The average Bonchev–Trinajstić information content (AvgIpc) is 3.24. The van der Waals surface area contributed by atoms with Crippen LogP contribution in [0.3, 0.4) is 0 Å². The normalized spacial score (nSPS) is 26.0. The summed E-state index contributed by atoms with van der Waals surface area (Å²) < 4.78 is 0. The van der Waals surface area contributed by atoms with Crippen molar-refractivity contribution in [3.63, 3.8) is 0 Å². The number of aromatic nitrogens is 1. The van der Waals surface area contributed by atoms with Crippen LogP contribution in [0.25, 0.3) is 0 Å². The molecule has 0 aliphatic carbocycles. The van der Waals surface area contributed by atoms with Gasteiger partial charge in [-0.3, -0.25) is 9.80 Å². The summed E-state index contributed by atoms with van der Waals surface area (Å²) in [5.74, 6) is 0. The van der Waals surface area contributed by atoms with Gasteiger partial charge >= 0.3 is 0 Å². The van der Waals surface area contributed by atoms with Crippen molar-refractivity contribution >= 4 is 28.1 Å². The monoisotopic (exact) mass is 383 g/mol. The summed E-state index contributed by atoms with van der Waals surface area (Å²) >= 11 is 8.26. The lowest BCUT2D eigenvalue weighted by Gasteiger charge is -2.52. The highest BCUT2D eigenvalue weighted by atomic mass is 35.5. The number of hydrogen-bond acceptors (Lipinski definition) is 6. The Hall–Kier alpha value is -0.400. The van der Waals surface area contributed by atoms with E-state index in [4.69, 9.17) is 11.6 Å². The van der Waals surface area contributed by atoms with Gasteiger partial charge in [0.15, 0.2) is 5.13 Å². The number of likely N-dealkylation sites (tertiary alicyclic amines) is 1. The minimum Gasteiger partial charge on any atom is -0.348 e. The molecule has 0 saturated carbocycles. The van der Waals surface area contributed by atoms with E-state index >= 15 is 0 Å². The van der Waals surface area contributed by atoms with Crippen LogP contribution < -0.4 is 4.90 Å². The van der Waals surface area contributed by atoms with Crippen LogP contribution >= 0.6 is 22.9 Å². The third-order valence-electron chi connectivity index (χ3n) is 6.36. The van der Waals surface area contributed by atoms with Crippen molar-refractivity contribution in [3.8, 4) is 0 Å². The Morgan fingerprint density at radius 1 is 1.04 bits per heavy atom. The zero-order chi connectivity index (χ0) is 17.4. The maximum absolute atomic E-state index is 6.46. The molecule has 0 radical (unpaired) electrons. The molecule has 0 N–H and O–H groups in total. The highest BCUT2D eigenvalue weighted by Gasteiger charge is 2.41. The Balaban J connectivity index is 1.37. The Labute approximate surface area is 160 Å². The first-order valence-corrected chi connectivity index (χ1v) is 10.8. The summed E-state index contributed by atoms with van der Waals surface area (Å²) in [4.78, 5) is 15.9. The fourth-order valence-electron chi connectivity index (χ4n) is 4.59. The van der Waals surface area contributed by atoms with E-state index in [1.54, 1.807) is 11.3 Å². The van der Waals surface area contributed by atoms with Gasteiger partial charge in [-0.15, -0.1) is 0 Å². The first kappa shape index (κ1) is 18.0. The van der Waals surface area contributed by atoms with Crippen LogP contribution in [0, 0.1) is 0 Å². The second-order valence-electron chi connectivity index (χ2n) is 8.06. The largest absolute Gasteiger partial charge is 0.348 e. The van der Waals surface area contributed by atoms with Crippen LogP contribution in [0.5, 0.6) is 0 Å².